The van der Waals surface area contributed by atoms with E-state index in [1.807, 2.05) is 19.1 Å². The summed E-state index contributed by atoms with van der Waals surface area (Å²) in [5.74, 6) is 1.97. The van der Waals surface area contributed by atoms with Crippen molar-refractivity contribution in [3.8, 4) is 0 Å². The summed E-state index contributed by atoms with van der Waals surface area (Å²) in [7, 11) is 0. The summed E-state index contributed by atoms with van der Waals surface area (Å²) in [5, 5.41) is 3.14. The maximum atomic E-state index is 12.4. The van der Waals surface area contributed by atoms with Crippen molar-refractivity contribution in [2.24, 2.45) is 23.2 Å². The topological polar surface area (TPSA) is 55.4 Å². The van der Waals surface area contributed by atoms with Crippen molar-refractivity contribution < 1.29 is 14.3 Å². The molecule has 0 heterocycles. The van der Waals surface area contributed by atoms with Gasteiger partial charge in [0, 0.05) is 6.04 Å². The highest BCUT2D eigenvalue weighted by molar-refractivity contribution is 5.92. The monoisotopic (exact) mass is 355 g/mol. The van der Waals surface area contributed by atoms with Crippen molar-refractivity contribution in [1.82, 2.24) is 5.32 Å². The molecule has 0 aromatic heterocycles. The summed E-state index contributed by atoms with van der Waals surface area (Å²) in [6.07, 6.45) is 7.95. The molecule has 1 atom stereocenters. The largest absolute Gasteiger partial charge is 0.452 e. The number of rotatable bonds is 5. The first-order valence-corrected chi connectivity index (χ1v) is 9.97. The van der Waals surface area contributed by atoms with Crippen molar-refractivity contribution >= 4 is 11.9 Å². The third-order valence-electron chi connectivity index (χ3n) is 7.08. The summed E-state index contributed by atoms with van der Waals surface area (Å²) in [5.41, 5.74) is 1.65. The third kappa shape index (κ3) is 3.26. The second kappa shape index (κ2) is 6.71. The average Bonchev–Trinajstić information content (AvgIpc) is 2.59. The molecule has 0 spiro atoms. The second-order valence-electron chi connectivity index (χ2n) is 8.96. The molecule has 4 bridgehead atoms. The van der Waals surface area contributed by atoms with Gasteiger partial charge in [-0.25, -0.2) is 4.79 Å². The van der Waals surface area contributed by atoms with E-state index in [-0.39, 0.29) is 24.0 Å². The van der Waals surface area contributed by atoms with Crippen LogP contribution in [0.2, 0.25) is 0 Å². The summed E-state index contributed by atoms with van der Waals surface area (Å²) < 4.78 is 5.24. The highest BCUT2D eigenvalue weighted by atomic mass is 16.5. The number of hydrogen-bond acceptors (Lipinski definition) is 3. The fourth-order valence-corrected chi connectivity index (χ4v) is 6.15. The minimum atomic E-state index is -0.430. The van der Waals surface area contributed by atoms with Crippen LogP contribution in [0.15, 0.2) is 24.3 Å². The molecular weight excluding hydrogens is 326 g/mol. The number of carbonyl (C=O) groups excluding carboxylic acids is 2. The first-order valence-electron chi connectivity index (χ1n) is 9.97. The number of carbonyl (C=O) groups is 2. The molecule has 0 unspecified atom stereocenters. The standard InChI is InChI=1S/C22H29NO3/c1-14-5-3-4-6-19(14)21(25)26-13-20(24)23-15(2)22-10-16-7-17(11-22)9-18(8-16)12-22/h3-6,15-18H,7-13H2,1-2H3,(H,23,24)/t15-,16?,17?,18?,22?/m0/s1. The Balaban J connectivity index is 1.32. The van der Waals surface area contributed by atoms with Gasteiger partial charge in [-0.3, -0.25) is 4.79 Å². The minimum Gasteiger partial charge on any atom is -0.452 e. The summed E-state index contributed by atoms with van der Waals surface area (Å²) in [4.78, 5) is 24.6. The maximum absolute atomic E-state index is 12.4. The van der Waals surface area contributed by atoms with Crippen LogP contribution in [0.1, 0.15) is 61.4 Å². The molecule has 4 nitrogen and oxygen atoms in total. The Morgan fingerprint density at radius 2 is 1.69 bits per heavy atom. The third-order valence-corrected chi connectivity index (χ3v) is 7.08. The van der Waals surface area contributed by atoms with Crippen LogP contribution in [0.4, 0.5) is 0 Å². The van der Waals surface area contributed by atoms with Crippen LogP contribution >= 0.6 is 0 Å². The van der Waals surface area contributed by atoms with Gasteiger partial charge in [-0.05, 0) is 87.2 Å². The van der Waals surface area contributed by atoms with Gasteiger partial charge in [0.25, 0.3) is 5.91 Å². The number of ether oxygens (including phenoxy) is 1. The Morgan fingerprint density at radius 3 is 2.27 bits per heavy atom. The number of amides is 1. The van der Waals surface area contributed by atoms with Gasteiger partial charge in [0.1, 0.15) is 0 Å². The molecule has 1 amide bonds. The molecule has 0 saturated heterocycles. The van der Waals surface area contributed by atoms with Crippen LogP contribution in [-0.4, -0.2) is 24.5 Å². The lowest BCUT2D eigenvalue weighted by Gasteiger charge is -2.59. The summed E-state index contributed by atoms with van der Waals surface area (Å²) in [6, 6.07) is 7.44. The first-order chi connectivity index (χ1) is 12.4. The smallest absolute Gasteiger partial charge is 0.338 e. The van der Waals surface area contributed by atoms with E-state index in [9.17, 15) is 9.59 Å². The normalized spacial score (nSPS) is 32.9. The predicted octanol–water partition coefficient (Wildman–Crippen LogP) is 3.87. The van der Waals surface area contributed by atoms with Crippen LogP contribution < -0.4 is 5.32 Å². The molecule has 140 valence electrons. The maximum Gasteiger partial charge on any atom is 0.338 e. The molecule has 5 rings (SSSR count). The van der Waals surface area contributed by atoms with Crippen molar-refractivity contribution in [3.63, 3.8) is 0 Å². The number of aryl methyl sites for hydroxylation is 1. The van der Waals surface area contributed by atoms with E-state index in [4.69, 9.17) is 4.74 Å². The molecule has 0 radical (unpaired) electrons. The van der Waals surface area contributed by atoms with Crippen molar-refractivity contribution in [3.05, 3.63) is 35.4 Å². The number of esters is 1. The van der Waals surface area contributed by atoms with E-state index in [2.05, 4.69) is 12.2 Å². The van der Waals surface area contributed by atoms with Crippen LogP contribution in [-0.2, 0) is 9.53 Å². The quantitative estimate of drug-likeness (QED) is 0.816. The Hall–Kier alpha value is -1.84. The van der Waals surface area contributed by atoms with E-state index < -0.39 is 5.97 Å². The molecule has 4 aliphatic rings. The van der Waals surface area contributed by atoms with Crippen LogP contribution in [0.5, 0.6) is 0 Å². The Morgan fingerprint density at radius 1 is 1.12 bits per heavy atom. The lowest BCUT2D eigenvalue weighted by molar-refractivity contribution is -0.128. The summed E-state index contributed by atoms with van der Waals surface area (Å²) >= 11 is 0. The van der Waals surface area contributed by atoms with Gasteiger partial charge in [-0.1, -0.05) is 18.2 Å². The fraction of sp³-hybridized carbons (Fsp3) is 0.636. The van der Waals surface area contributed by atoms with Gasteiger partial charge in [-0.2, -0.15) is 0 Å². The van der Waals surface area contributed by atoms with E-state index in [0.717, 1.165) is 23.3 Å². The van der Waals surface area contributed by atoms with Crippen LogP contribution in [0, 0.1) is 30.1 Å². The lowest BCUT2D eigenvalue weighted by atomic mass is 9.48. The number of nitrogens with one attached hydrogen (secondary N) is 1. The second-order valence-corrected chi connectivity index (χ2v) is 8.96. The van der Waals surface area contributed by atoms with Gasteiger partial charge >= 0.3 is 5.97 Å². The molecule has 4 heteroatoms. The van der Waals surface area contributed by atoms with Gasteiger partial charge in [0.05, 0.1) is 5.56 Å². The zero-order valence-electron chi connectivity index (χ0n) is 15.8. The first kappa shape index (κ1) is 17.6. The lowest BCUT2D eigenvalue weighted by Crippen LogP contribution is -2.56. The Labute approximate surface area is 155 Å². The van der Waals surface area contributed by atoms with E-state index in [0.29, 0.717) is 5.56 Å². The zero-order valence-corrected chi connectivity index (χ0v) is 15.8. The van der Waals surface area contributed by atoms with E-state index >= 15 is 0 Å². The number of benzene rings is 1. The molecule has 26 heavy (non-hydrogen) atoms. The SMILES string of the molecule is Cc1ccccc1C(=O)OCC(=O)N[C@@H](C)C12CC3CC(CC(C3)C1)C2. The molecule has 0 aliphatic heterocycles. The number of hydrogen-bond donors (Lipinski definition) is 1. The Kier molecular flexibility index (Phi) is 4.54. The minimum absolute atomic E-state index is 0.153. The molecular formula is C22H29NO3. The van der Waals surface area contributed by atoms with Gasteiger partial charge in [-0.15, -0.1) is 0 Å². The fourth-order valence-electron chi connectivity index (χ4n) is 6.15. The van der Waals surface area contributed by atoms with Gasteiger partial charge < -0.3 is 10.1 Å². The highest BCUT2D eigenvalue weighted by Crippen LogP contribution is 2.61. The summed E-state index contributed by atoms with van der Waals surface area (Å²) in [6.45, 7) is 3.81. The molecule has 1 aromatic carbocycles. The Bertz CT molecular complexity index is 676. The van der Waals surface area contributed by atoms with E-state index in [1.165, 1.54) is 38.5 Å². The molecule has 4 aliphatic carbocycles. The average molecular weight is 355 g/mol. The van der Waals surface area contributed by atoms with Gasteiger partial charge in [0.15, 0.2) is 6.61 Å². The molecule has 4 fully saturated rings. The highest BCUT2D eigenvalue weighted by Gasteiger charge is 2.53. The van der Waals surface area contributed by atoms with Crippen molar-refractivity contribution in [1.29, 1.82) is 0 Å². The molecule has 1 N–H and O–H groups in total. The zero-order chi connectivity index (χ0) is 18.3. The van der Waals surface area contributed by atoms with Crippen molar-refractivity contribution in [2.75, 3.05) is 6.61 Å². The molecule has 4 saturated carbocycles. The van der Waals surface area contributed by atoms with Crippen molar-refractivity contribution in [2.45, 2.75) is 58.4 Å². The van der Waals surface area contributed by atoms with E-state index in [1.54, 1.807) is 12.1 Å². The van der Waals surface area contributed by atoms with Crippen LogP contribution in [0.25, 0.3) is 0 Å². The van der Waals surface area contributed by atoms with Gasteiger partial charge in [0.2, 0.25) is 0 Å². The van der Waals surface area contributed by atoms with Crippen LogP contribution in [0.3, 0.4) is 0 Å². The predicted molar refractivity (Wildman–Crippen MR) is 99.7 cm³/mol. The molecule has 1 aromatic rings.